The van der Waals surface area contributed by atoms with Gasteiger partial charge >= 0.3 is 6.18 Å². The van der Waals surface area contributed by atoms with Crippen molar-refractivity contribution >= 4 is 35.3 Å². The summed E-state index contributed by atoms with van der Waals surface area (Å²) in [5.74, 6) is -2.44. The smallest absolute Gasteiger partial charge is 0.384 e. The number of piperidine rings is 1. The van der Waals surface area contributed by atoms with Gasteiger partial charge in [-0.2, -0.15) is 13.2 Å². The summed E-state index contributed by atoms with van der Waals surface area (Å²) in [7, 11) is 0. The van der Waals surface area contributed by atoms with Crippen molar-refractivity contribution in [3.05, 3.63) is 47.3 Å². The molecule has 35 heavy (non-hydrogen) atoms. The summed E-state index contributed by atoms with van der Waals surface area (Å²) in [4.78, 5) is 57.6. The Morgan fingerprint density at radius 2 is 1.77 bits per heavy atom. The van der Waals surface area contributed by atoms with E-state index >= 15 is 0 Å². The largest absolute Gasteiger partial charge is 0.433 e. The van der Waals surface area contributed by atoms with E-state index in [0.29, 0.717) is 31.6 Å². The number of rotatable bonds is 8. The standard InChI is InChI=1S/C22H21F3N6O4/c23-22(24,25)15-8-11-28-21(29-15)27-10-2-1-9-26-13-5-3-4-12-17(13)20(35)31(19(12)34)14-6-7-16(32)30-18(14)33/h3-5,8,11,14,26H,1-2,6-7,9-10H2,(H,27,28,29)(H,30,32,33). The third-order valence-corrected chi connectivity index (χ3v) is 5.62. The fourth-order valence-electron chi connectivity index (χ4n) is 3.94. The number of hydrogen-bond acceptors (Lipinski definition) is 8. The normalized spacial score (nSPS) is 17.9. The van der Waals surface area contributed by atoms with Crippen molar-refractivity contribution in [2.24, 2.45) is 0 Å². The molecule has 1 aromatic carbocycles. The Morgan fingerprint density at radius 1 is 1.03 bits per heavy atom. The van der Waals surface area contributed by atoms with Gasteiger partial charge in [0.25, 0.3) is 11.8 Å². The van der Waals surface area contributed by atoms with Crippen molar-refractivity contribution in [2.45, 2.75) is 37.9 Å². The predicted octanol–water partition coefficient (Wildman–Crippen LogP) is 2.20. The molecular weight excluding hydrogens is 469 g/mol. The van der Waals surface area contributed by atoms with Gasteiger partial charge in [-0.05, 0) is 37.5 Å². The van der Waals surface area contributed by atoms with Gasteiger partial charge < -0.3 is 10.6 Å². The van der Waals surface area contributed by atoms with Crippen molar-refractivity contribution in [3.63, 3.8) is 0 Å². The number of unbranched alkanes of at least 4 members (excludes halogenated alkanes) is 1. The molecule has 4 rings (SSSR count). The molecule has 3 heterocycles. The van der Waals surface area contributed by atoms with E-state index in [0.717, 1.165) is 17.2 Å². The molecule has 1 aromatic heterocycles. The van der Waals surface area contributed by atoms with Crippen LogP contribution < -0.4 is 16.0 Å². The lowest BCUT2D eigenvalue weighted by molar-refractivity contribution is -0.141. The molecule has 1 saturated heterocycles. The van der Waals surface area contributed by atoms with Crippen LogP contribution in [0, 0.1) is 0 Å². The van der Waals surface area contributed by atoms with Gasteiger partial charge in [-0.3, -0.25) is 29.4 Å². The minimum atomic E-state index is -4.55. The molecule has 1 unspecified atom stereocenters. The number of nitrogens with zero attached hydrogens (tertiary/aromatic N) is 3. The molecule has 0 aliphatic carbocycles. The Hall–Kier alpha value is -4.03. The summed E-state index contributed by atoms with van der Waals surface area (Å²) in [6.07, 6.45) is -2.25. The van der Waals surface area contributed by atoms with Crippen molar-refractivity contribution in [1.29, 1.82) is 0 Å². The monoisotopic (exact) mass is 490 g/mol. The van der Waals surface area contributed by atoms with Crippen LogP contribution in [0.1, 0.15) is 52.1 Å². The van der Waals surface area contributed by atoms with E-state index in [2.05, 4.69) is 25.9 Å². The first-order valence-corrected chi connectivity index (χ1v) is 10.9. The van der Waals surface area contributed by atoms with Crippen LogP contribution in [0.5, 0.6) is 0 Å². The third-order valence-electron chi connectivity index (χ3n) is 5.62. The average Bonchev–Trinajstić information content (AvgIpc) is 3.06. The lowest BCUT2D eigenvalue weighted by Gasteiger charge is -2.27. The molecule has 0 spiro atoms. The number of amides is 4. The van der Waals surface area contributed by atoms with Gasteiger partial charge in [0.15, 0.2) is 0 Å². The summed E-state index contributed by atoms with van der Waals surface area (Å²) in [5.41, 5.74) is -0.254. The molecule has 1 fully saturated rings. The van der Waals surface area contributed by atoms with E-state index in [9.17, 15) is 32.3 Å². The van der Waals surface area contributed by atoms with E-state index in [1.54, 1.807) is 12.1 Å². The number of carbonyl (C=O) groups is 4. The fourth-order valence-corrected chi connectivity index (χ4v) is 3.94. The van der Waals surface area contributed by atoms with Crippen LogP contribution in [-0.2, 0) is 15.8 Å². The van der Waals surface area contributed by atoms with Gasteiger partial charge in [0, 0.05) is 31.4 Å². The number of fused-ring (bicyclic) bond motifs is 1. The van der Waals surface area contributed by atoms with Gasteiger partial charge in [0.1, 0.15) is 11.7 Å². The van der Waals surface area contributed by atoms with Crippen LogP contribution in [0.15, 0.2) is 30.5 Å². The molecular formula is C22H21F3N6O4. The molecule has 13 heteroatoms. The number of carbonyl (C=O) groups excluding carboxylic acids is 4. The van der Waals surface area contributed by atoms with Gasteiger partial charge in [-0.15, -0.1) is 0 Å². The average molecular weight is 490 g/mol. The van der Waals surface area contributed by atoms with Crippen molar-refractivity contribution in [1.82, 2.24) is 20.2 Å². The highest BCUT2D eigenvalue weighted by Crippen LogP contribution is 2.32. The molecule has 2 aliphatic rings. The molecule has 10 nitrogen and oxygen atoms in total. The highest BCUT2D eigenvalue weighted by Gasteiger charge is 2.45. The molecule has 3 N–H and O–H groups in total. The molecule has 0 radical (unpaired) electrons. The second kappa shape index (κ2) is 9.68. The van der Waals surface area contributed by atoms with E-state index in [1.165, 1.54) is 6.07 Å². The van der Waals surface area contributed by atoms with Crippen LogP contribution >= 0.6 is 0 Å². The number of hydrogen-bond donors (Lipinski definition) is 3. The number of benzene rings is 1. The third kappa shape index (κ3) is 5.08. The van der Waals surface area contributed by atoms with E-state index < -0.39 is 41.5 Å². The summed E-state index contributed by atoms with van der Waals surface area (Å²) in [6.45, 7) is 0.748. The number of nitrogens with one attached hydrogen (secondary N) is 3. The molecule has 1 atom stereocenters. The van der Waals surface area contributed by atoms with Gasteiger partial charge in [-0.1, -0.05) is 6.07 Å². The Kier molecular flexibility index (Phi) is 6.67. The number of aromatic nitrogens is 2. The number of anilines is 2. The first kappa shape index (κ1) is 24.1. The minimum Gasteiger partial charge on any atom is -0.384 e. The van der Waals surface area contributed by atoms with Crippen LogP contribution in [0.4, 0.5) is 24.8 Å². The maximum Gasteiger partial charge on any atom is 0.433 e. The molecule has 2 aromatic rings. The SMILES string of the molecule is O=C1CCC(N2C(=O)c3cccc(NCCCCNc4nccc(C(F)(F)F)n4)c3C2=O)C(=O)N1. The van der Waals surface area contributed by atoms with Crippen LogP contribution in [-0.4, -0.2) is 57.6 Å². The van der Waals surface area contributed by atoms with Crippen molar-refractivity contribution in [3.8, 4) is 0 Å². The lowest BCUT2D eigenvalue weighted by Crippen LogP contribution is -2.54. The molecule has 2 aliphatic heterocycles. The van der Waals surface area contributed by atoms with Crippen LogP contribution in [0.2, 0.25) is 0 Å². The number of halogens is 3. The maximum atomic E-state index is 13.0. The Bertz CT molecular complexity index is 1190. The zero-order chi connectivity index (χ0) is 25.2. The van der Waals surface area contributed by atoms with Crippen molar-refractivity contribution in [2.75, 3.05) is 23.7 Å². The summed E-state index contributed by atoms with van der Waals surface area (Å²) in [6, 6.07) is 4.52. The zero-order valence-electron chi connectivity index (χ0n) is 18.3. The molecule has 4 amide bonds. The number of imide groups is 2. The summed E-state index contributed by atoms with van der Waals surface area (Å²) >= 11 is 0. The Labute approximate surface area is 197 Å². The molecule has 184 valence electrons. The first-order chi connectivity index (χ1) is 16.7. The Balaban J connectivity index is 1.32. The summed E-state index contributed by atoms with van der Waals surface area (Å²) < 4.78 is 38.2. The van der Waals surface area contributed by atoms with Crippen molar-refractivity contribution < 1.29 is 32.3 Å². The zero-order valence-corrected chi connectivity index (χ0v) is 18.3. The maximum absolute atomic E-state index is 13.0. The lowest BCUT2D eigenvalue weighted by atomic mass is 10.0. The fraction of sp³-hybridized carbons (Fsp3) is 0.364. The van der Waals surface area contributed by atoms with Gasteiger partial charge in [0.2, 0.25) is 17.8 Å². The second-order valence-electron chi connectivity index (χ2n) is 8.00. The van der Waals surface area contributed by atoms with Gasteiger partial charge in [0.05, 0.1) is 11.1 Å². The highest BCUT2D eigenvalue weighted by atomic mass is 19.4. The first-order valence-electron chi connectivity index (χ1n) is 10.9. The second-order valence-corrected chi connectivity index (χ2v) is 8.00. The highest BCUT2D eigenvalue weighted by molar-refractivity contribution is 6.25. The molecule has 0 saturated carbocycles. The topological polar surface area (TPSA) is 133 Å². The Morgan fingerprint density at radius 3 is 2.49 bits per heavy atom. The predicted molar refractivity (Wildman–Crippen MR) is 116 cm³/mol. The van der Waals surface area contributed by atoms with Crippen LogP contribution in [0.25, 0.3) is 0 Å². The van der Waals surface area contributed by atoms with Crippen LogP contribution in [0.3, 0.4) is 0 Å². The van der Waals surface area contributed by atoms with E-state index in [4.69, 9.17) is 0 Å². The van der Waals surface area contributed by atoms with E-state index in [1.807, 2.05) is 0 Å². The quantitative estimate of drug-likeness (QED) is 0.379. The van der Waals surface area contributed by atoms with E-state index in [-0.39, 0.29) is 29.9 Å². The van der Waals surface area contributed by atoms with Gasteiger partial charge in [-0.25, -0.2) is 9.97 Å². The molecule has 0 bridgehead atoms. The minimum absolute atomic E-state index is 0.0362. The number of alkyl halides is 3. The summed E-state index contributed by atoms with van der Waals surface area (Å²) in [5, 5.41) is 8.00.